The maximum absolute atomic E-state index is 13.7. The third-order valence-corrected chi connectivity index (χ3v) is 4.77. The van der Waals surface area contributed by atoms with Gasteiger partial charge in [-0.3, -0.25) is 0 Å². The Bertz CT molecular complexity index is 648. The van der Waals surface area contributed by atoms with Crippen molar-refractivity contribution in [1.82, 2.24) is 10.0 Å². The minimum absolute atomic E-state index is 0.128. The molecule has 1 atom stereocenters. The molecule has 0 radical (unpaired) electrons. The molecule has 1 aromatic rings. The minimum Gasteiger partial charge on any atom is -0.313 e. The number of hydroxylamine groups is 2. The third-order valence-electron chi connectivity index (χ3n) is 4.77. The van der Waals surface area contributed by atoms with Gasteiger partial charge in [0, 0.05) is 29.3 Å². The van der Waals surface area contributed by atoms with Crippen LogP contribution in [-0.4, -0.2) is 32.0 Å². The minimum atomic E-state index is -0.528. The van der Waals surface area contributed by atoms with Crippen LogP contribution in [0.5, 0.6) is 0 Å². The fraction of sp³-hybridized carbons (Fsp3) is 0.588. The summed E-state index contributed by atoms with van der Waals surface area (Å²) < 4.78 is 13.7. The quantitative estimate of drug-likeness (QED) is 0.399. The van der Waals surface area contributed by atoms with Crippen molar-refractivity contribution >= 4 is 5.71 Å². The van der Waals surface area contributed by atoms with Crippen molar-refractivity contribution in [3.05, 3.63) is 41.4 Å². The van der Waals surface area contributed by atoms with Gasteiger partial charge in [0.1, 0.15) is 5.71 Å². The van der Waals surface area contributed by atoms with Gasteiger partial charge in [0.05, 0.1) is 5.10 Å². The number of aromatic nitrogens is 1. The van der Waals surface area contributed by atoms with E-state index in [9.17, 15) is 9.60 Å². The predicted octanol–water partition coefficient (Wildman–Crippen LogP) is 3.70. The molecular weight excluding hydrogens is 295 g/mol. The molecule has 0 spiro atoms. The molecule has 124 valence electrons. The lowest BCUT2D eigenvalue weighted by atomic mass is 9.82. The van der Waals surface area contributed by atoms with E-state index in [4.69, 9.17) is 6.57 Å². The molecule has 0 saturated carbocycles. The van der Waals surface area contributed by atoms with Crippen LogP contribution in [0.2, 0.25) is 0 Å². The van der Waals surface area contributed by atoms with Crippen LogP contribution >= 0.6 is 0 Å². The van der Waals surface area contributed by atoms with Crippen molar-refractivity contribution in [2.24, 2.45) is 11.0 Å². The Morgan fingerprint density at radius 1 is 1.52 bits per heavy atom. The van der Waals surface area contributed by atoms with Crippen molar-refractivity contribution < 1.29 is 9.60 Å². The molecule has 0 amide bonds. The van der Waals surface area contributed by atoms with E-state index in [2.05, 4.69) is 15.0 Å². The molecule has 5 nitrogen and oxygen atoms in total. The fourth-order valence-electron chi connectivity index (χ4n) is 3.49. The Morgan fingerprint density at radius 3 is 2.74 bits per heavy atom. The van der Waals surface area contributed by atoms with Crippen molar-refractivity contribution in [3.8, 4) is 0 Å². The van der Waals surface area contributed by atoms with Gasteiger partial charge in [0.15, 0.2) is 0 Å². The first-order valence-electron chi connectivity index (χ1n) is 7.69. The first-order valence-corrected chi connectivity index (χ1v) is 7.69. The van der Waals surface area contributed by atoms with Crippen LogP contribution in [-0.2, 0) is 6.42 Å². The molecule has 0 bridgehead atoms. The molecule has 1 unspecified atom stereocenters. The summed E-state index contributed by atoms with van der Waals surface area (Å²) in [7, 11) is 0. The van der Waals surface area contributed by atoms with Gasteiger partial charge in [-0.05, 0) is 52.5 Å². The van der Waals surface area contributed by atoms with E-state index >= 15 is 0 Å². The van der Waals surface area contributed by atoms with Crippen LogP contribution < -0.4 is 0 Å². The zero-order chi connectivity index (χ0) is 17.3. The van der Waals surface area contributed by atoms with Gasteiger partial charge in [-0.15, -0.1) is 4.95 Å². The van der Waals surface area contributed by atoms with Crippen LogP contribution in [0.25, 0.3) is 4.95 Å². The summed E-state index contributed by atoms with van der Waals surface area (Å²) in [5.74, 6) is -0.400. The highest BCUT2D eigenvalue weighted by Gasteiger charge is 2.51. The highest BCUT2D eigenvalue weighted by Crippen LogP contribution is 2.45. The summed E-state index contributed by atoms with van der Waals surface area (Å²) >= 11 is 0. The fourth-order valence-corrected chi connectivity index (χ4v) is 3.49. The molecule has 6 heteroatoms. The highest BCUT2D eigenvalue weighted by atomic mass is 19.1. The van der Waals surface area contributed by atoms with Gasteiger partial charge < -0.3 is 5.21 Å². The Balaban J connectivity index is 2.20. The zero-order valence-electron chi connectivity index (χ0n) is 14.0. The van der Waals surface area contributed by atoms with Gasteiger partial charge in [-0.25, -0.2) is 4.98 Å². The smallest absolute Gasteiger partial charge is 0.216 e. The maximum atomic E-state index is 13.7. The summed E-state index contributed by atoms with van der Waals surface area (Å²) in [5, 5.41) is 15.7. The molecular formula is C17H23FN4O. The van der Waals surface area contributed by atoms with Crippen LogP contribution in [0.3, 0.4) is 0 Å². The molecule has 1 aliphatic heterocycles. The van der Waals surface area contributed by atoms with Gasteiger partial charge in [0.2, 0.25) is 5.95 Å². The van der Waals surface area contributed by atoms with E-state index in [1.54, 1.807) is 12.1 Å². The molecule has 23 heavy (non-hydrogen) atoms. The molecule has 1 aliphatic rings. The third kappa shape index (κ3) is 3.57. The molecule has 1 N–H and O–H groups in total. The Kier molecular flexibility index (Phi) is 4.83. The average Bonchev–Trinajstić information content (AvgIpc) is 2.62. The summed E-state index contributed by atoms with van der Waals surface area (Å²) in [5.41, 5.74) is 0.290. The van der Waals surface area contributed by atoms with Gasteiger partial charge in [0.25, 0.3) is 0 Å². The Hall–Kier alpha value is -1.84. The van der Waals surface area contributed by atoms with E-state index < -0.39 is 11.5 Å². The van der Waals surface area contributed by atoms with Gasteiger partial charge in [-0.1, -0.05) is 6.07 Å². The molecule has 1 aromatic heterocycles. The van der Waals surface area contributed by atoms with E-state index in [1.807, 2.05) is 27.7 Å². The van der Waals surface area contributed by atoms with E-state index in [-0.39, 0.29) is 17.9 Å². The zero-order valence-corrected chi connectivity index (χ0v) is 14.0. The molecule has 0 aromatic carbocycles. The molecule has 1 fully saturated rings. The number of pyridine rings is 1. The summed E-state index contributed by atoms with van der Waals surface area (Å²) in [6.07, 6.45) is 2.99. The monoisotopic (exact) mass is 318 g/mol. The second kappa shape index (κ2) is 6.34. The number of hydrogen-bond acceptors (Lipinski definition) is 4. The van der Waals surface area contributed by atoms with Crippen LogP contribution in [0.4, 0.5) is 4.39 Å². The summed E-state index contributed by atoms with van der Waals surface area (Å²) in [6.45, 7) is 14.9. The number of hydrogen-bond donors (Lipinski definition) is 1. The Labute approximate surface area is 136 Å². The lowest BCUT2D eigenvalue weighted by Crippen LogP contribution is -2.47. The van der Waals surface area contributed by atoms with E-state index in [0.29, 0.717) is 17.7 Å². The van der Waals surface area contributed by atoms with Gasteiger partial charge in [-0.2, -0.15) is 16.0 Å². The Morgan fingerprint density at radius 2 is 2.22 bits per heavy atom. The lowest BCUT2D eigenvalue weighted by molar-refractivity contribution is -0.196. The maximum Gasteiger partial charge on any atom is 0.216 e. The van der Waals surface area contributed by atoms with Gasteiger partial charge >= 0.3 is 0 Å². The molecule has 1 saturated heterocycles. The summed E-state index contributed by atoms with van der Waals surface area (Å²) in [4.78, 5) is 6.77. The van der Waals surface area contributed by atoms with E-state index in [1.165, 1.54) is 11.3 Å². The lowest BCUT2D eigenvalue weighted by Gasteiger charge is -2.36. The second-order valence-corrected chi connectivity index (χ2v) is 7.28. The number of halogens is 1. The van der Waals surface area contributed by atoms with Crippen LogP contribution in [0.15, 0.2) is 23.4 Å². The standard InChI is InChI=1S/C17H23FN4O/c1-16(2)11-13(17(3,4)22(16)23)10-14(21-19-5)9-12-7-6-8-20-15(12)18/h6-8,13,23H,9-11H2,1-4H3/b21-14+. The SMILES string of the molecule is [C-]#[N+]/N=C(\Cc1cccnc1F)CC1CC(C)(C)N(O)C1(C)C. The summed E-state index contributed by atoms with van der Waals surface area (Å²) in [6, 6.07) is 3.33. The first-order chi connectivity index (χ1) is 10.7. The molecule has 0 aliphatic carbocycles. The molecule has 2 rings (SSSR count). The topological polar surface area (TPSA) is 53.1 Å². The van der Waals surface area contributed by atoms with Crippen LogP contribution in [0.1, 0.15) is 46.1 Å². The van der Waals surface area contributed by atoms with E-state index in [0.717, 1.165) is 6.42 Å². The van der Waals surface area contributed by atoms with Crippen molar-refractivity contribution in [2.45, 2.75) is 58.0 Å². The highest BCUT2D eigenvalue weighted by molar-refractivity contribution is 5.87. The van der Waals surface area contributed by atoms with Crippen molar-refractivity contribution in [1.29, 1.82) is 0 Å². The predicted molar refractivity (Wildman–Crippen MR) is 86.4 cm³/mol. The van der Waals surface area contributed by atoms with Crippen molar-refractivity contribution in [2.75, 3.05) is 0 Å². The first kappa shape index (κ1) is 17.5. The number of rotatable bonds is 4. The largest absolute Gasteiger partial charge is 0.313 e. The molecule has 2 heterocycles. The second-order valence-electron chi connectivity index (χ2n) is 7.28. The van der Waals surface area contributed by atoms with Crippen molar-refractivity contribution in [3.63, 3.8) is 0 Å². The normalized spacial score (nSPS) is 23.7. The van der Waals surface area contributed by atoms with Crippen LogP contribution in [0, 0.1) is 18.4 Å². The number of nitrogens with zero attached hydrogens (tertiary/aromatic N) is 4. The average molecular weight is 318 g/mol.